The molecular weight excluding hydrogens is 296 g/mol. The lowest BCUT2D eigenvalue weighted by atomic mass is 10.1. The van der Waals surface area contributed by atoms with Crippen LogP contribution in [0.1, 0.15) is 6.92 Å². The van der Waals surface area contributed by atoms with Crippen molar-refractivity contribution in [3.63, 3.8) is 0 Å². The minimum absolute atomic E-state index is 0.240. The summed E-state index contributed by atoms with van der Waals surface area (Å²) in [6.45, 7) is 1.67. The van der Waals surface area contributed by atoms with Crippen LogP contribution in [0, 0.1) is 0 Å². The fourth-order valence-corrected chi connectivity index (χ4v) is 3.58. The second kappa shape index (κ2) is 5.50. The Morgan fingerprint density at radius 1 is 1.09 bits per heavy atom. The van der Waals surface area contributed by atoms with Gasteiger partial charge in [0, 0.05) is 17.6 Å². The topological polar surface area (TPSA) is 49.4 Å². The smallest absolute Gasteiger partial charge is 0.252 e. The highest BCUT2D eigenvalue weighted by atomic mass is 32.2. The maximum atomic E-state index is 12.9. The van der Waals surface area contributed by atoms with E-state index in [2.05, 4.69) is 5.32 Å². The molecule has 1 atom stereocenters. The number of carbonyl (C=O) groups is 2. The maximum absolute atomic E-state index is 12.9. The molecule has 0 saturated heterocycles. The van der Waals surface area contributed by atoms with Gasteiger partial charge in [-0.25, -0.2) is 0 Å². The molecule has 3 rings (SSSR count). The lowest BCUT2D eigenvalue weighted by molar-refractivity contribution is -0.128. The number of nitrogens with zero attached hydrogens (tertiary/aromatic N) is 1. The summed E-state index contributed by atoms with van der Waals surface area (Å²) in [5, 5.41) is 2.83. The summed E-state index contributed by atoms with van der Waals surface area (Å²) in [6.07, 6.45) is 0. The molecule has 0 aliphatic carbocycles. The van der Waals surface area contributed by atoms with Crippen LogP contribution in [-0.2, 0) is 9.59 Å². The quantitative estimate of drug-likeness (QED) is 0.867. The Hall–Kier alpha value is -2.27. The van der Waals surface area contributed by atoms with Crippen LogP contribution in [0.25, 0.3) is 0 Å². The van der Waals surface area contributed by atoms with Crippen LogP contribution >= 0.6 is 11.8 Å². The monoisotopic (exact) mass is 312 g/mol. The molecule has 0 fully saturated rings. The molecule has 0 radical (unpaired) electrons. The number of carbonyl (C=O) groups excluding carboxylic acids is 2. The molecule has 112 valence electrons. The van der Waals surface area contributed by atoms with Gasteiger partial charge in [0.15, 0.2) is 4.75 Å². The van der Waals surface area contributed by atoms with Gasteiger partial charge in [-0.3, -0.25) is 9.59 Å². The summed E-state index contributed by atoms with van der Waals surface area (Å²) in [5.41, 5.74) is 1.52. The molecule has 1 unspecified atom stereocenters. The van der Waals surface area contributed by atoms with Gasteiger partial charge in [-0.1, -0.05) is 42.1 Å². The van der Waals surface area contributed by atoms with E-state index in [0.717, 1.165) is 16.3 Å². The van der Waals surface area contributed by atoms with Crippen LogP contribution in [0.15, 0.2) is 59.5 Å². The van der Waals surface area contributed by atoms with Crippen molar-refractivity contribution in [1.82, 2.24) is 0 Å². The van der Waals surface area contributed by atoms with E-state index < -0.39 is 4.75 Å². The van der Waals surface area contributed by atoms with E-state index in [9.17, 15) is 9.59 Å². The normalized spacial score (nSPS) is 20.0. The molecule has 2 aromatic carbocycles. The van der Waals surface area contributed by atoms with Crippen LogP contribution in [0.4, 0.5) is 11.4 Å². The Kier molecular flexibility index (Phi) is 3.66. The van der Waals surface area contributed by atoms with E-state index >= 15 is 0 Å². The molecule has 1 N–H and O–H groups in total. The number of nitrogens with one attached hydrogen (secondary N) is 1. The zero-order valence-corrected chi connectivity index (χ0v) is 13.2. The van der Waals surface area contributed by atoms with E-state index in [-0.39, 0.29) is 11.8 Å². The average Bonchev–Trinajstić information content (AvgIpc) is 2.55. The summed E-state index contributed by atoms with van der Waals surface area (Å²) in [5.74, 6) is -0.528. The number of fused-ring (bicyclic) bond motifs is 1. The van der Waals surface area contributed by atoms with Crippen molar-refractivity contribution in [3.8, 4) is 0 Å². The van der Waals surface area contributed by atoms with E-state index in [1.165, 1.54) is 16.7 Å². The second-order valence-electron chi connectivity index (χ2n) is 5.29. The molecule has 2 aromatic rings. The number of hydrogen-bond acceptors (Lipinski definition) is 3. The first-order chi connectivity index (χ1) is 10.5. The van der Waals surface area contributed by atoms with Gasteiger partial charge in [-0.15, -0.1) is 0 Å². The van der Waals surface area contributed by atoms with Crippen molar-refractivity contribution >= 4 is 35.0 Å². The first-order valence-electron chi connectivity index (χ1n) is 6.95. The predicted octanol–water partition coefficient (Wildman–Crippen LogP) is 3.15. The number of rotatable bonds is 2. The third-order valence-corrected chi connectivity index (χ3v) is 5.08. The Labute approximate surface area is 133 Å². The molecule has 0 spiro atoms. The molecule has 0 aromatic heterocycles. The third-order valence-electron chi connectivity index (χ3n) is 3.74. The molecule has 4 nitrogen and oxygen atoms in total. The van der Waals surface area contributed by atoms with Crippen LogP contribution in [0.2, 0.25) is 0 Å². The zero-order chi connectivity index (χ0) is 15.7. The van der Waals surface area contributed by atoms with Gasteiger partial charge < -0.3 is 10.2 Å². The summed E-state index contributed by atoms with van der Waals surface area (Å²) in [4.78, 5) is 27.8. The van der Waals surface area contributed by atoms with Crippen molar-refractivity contribution in [2.24, 2.45) is 0 Å². The van der Waals surface area contributed by atoms with Crippen LogP contribution in [0.3, 0.4) is 0 Å². The fourth-order valence-electron chi connectivity index (χ4n) is 2.40. The van der Waals surface area contributed by atoms with Gasteiger partial charge in [0.1, 0.15) is 0 Å². The Morgan fingerprint density at radius 2 is 1.73 bits per heavy atom. The molecule has 22 heavy (non-hydrogen) atoms. The van der Waals surface area contributed by atoms with Gasteiger partial charge in [0.05, 0.1) is 5.69 Å². The van der Waals surface area contributed by atoms with Gasteiger partial charge in [0.2, 0.25) is 5.91 Å². The van der Waals surface area contributed by atoms with Gasteiger partial charge in [-0.05, 0) is 31.2 Å². The van der Waals surface area contributed by atoms with Crippen LogP contribution in [-0.4, -0.2) is 23.6 Å². The second-order valence-corrected chi connectivity index (χ2v) is 6.75. The number of thioether (sulfide) groups is 1. The van der Waals surface area contributed by atoms with E-state index in [1.54, 1.807) is 14.0 Å². The molecule has 0 bridgehead atoms. The predicted molar refractivity (Wildman–Crippen MR) is 89.2 cm³/mol. The lowest BCUT2D eigenvalue weighted by Gasteiger charge is -2.34. The van der Waals surface area contributed by atoms with Crippen LogP contribution in [0.5, 0.6) is 0 Å². The highest BCUT2D eigenvalue weighted by Crippen LogP contribution is 2.43. The van der Waals surface area contributed by atoms with Crippen molar-refractivity contribution in [3.05, 3.63) is 54.6 Å². The van der Waals surface area contributed by atoms with Gasteiger partial charge in [0.25, 0.3) is 5.91 Å². The van der Waals surface area contributed by atoms with Crippen molar-refractivity contribution in [2.45, 2.75) is 16.6 Å². The Morgan fingerprint density at radius 3 is 2.45 bits per heavy atom. The van der Waals surface area contributed by atoms with Crippen molar-refractivity contribution < 1.29 is 9.59 Å². The number of hydrogen-bond donors (Lipinski definition) is 1. The number of para-hydroxylation sites is 2. The molecule has 1 aliphatic heterocycles. The number of amides is 2. The summed E-state index contributed by atoms with van der Waals surface area (Å²) in [6, 6.07) is 16.8. The molecule has 5 heteroatoms. The SMILES string of the molecule is CN(C(=O)C1(C)Sc2ccccc2NC1=O)c1ccccc1. The number of anilines is 2. The highest BCUT2D eigenvalue weighted by Gasteiger charge is 2.47. The first kappa shape index (κ1) is 14.7. The minimum atomic E-state index is -1.18. The Balaban J connectivity index is 1.93. The van der Waals surface area contributed by atoms with Crippen molar-refractivity contribution in [1.29, 1.82) is 0 Å². The summed E-state index contributed by atoms with van der Waals surface area (Å²) >= 11 is 1.30. The summed E-state index contributed by atoms with van der Waals surface area (Å²) in [7, 11) is 1.69. The van der Waals surface area contributed by atoms with E-state index in [0.29, 0.717) is 0 Å². The molecule has 0 saturated carbocycles. The lowest BCUT2D eigenvalue weighted by Crippen LogP contribution is -2.52. The van der Waals surface area contributed by atoms with E-state index in [1.807, 2.05) is 54.6 Å². The maximum Gasteiger partial charge on any atom is 0.252 e. The number of benzene rings is 2. The molecular formula is C17H16N2O2S. The first-order valence-corrected chi connectivity index (χ1v) is 7.77. The van der Waals surface area contributed by atoms with Gasteiger partial charge >= 0.3 is 0 Å². The molecule has 1 heterocycles. The third kappa shape index (κ3) is 2.37. The highest BCUT2D eigenvalue weighted by molar-refractivity contribution is 8.02. The summed E-state index contributed by atoms with van der Waals surface area (Å²) < 4.78 is -1.18. The standard InChI is InChI=1S/C17H16N2O2S/c1-17(16(21)19(2)12-8-4-3-5-9-12)15(20)18-13-10-6-7-11-14(13)22-17/h3-11H,1-2H3,(H,18,20). The molecule has 2 amide bonds. The van der Waals surface area contributed by atoms with Crippen LogP contribution < -0.4 is 10.2 Å². The molecule has 1 aliphatic rings. The largest absolute Gasteiger partial charge is 0.323 e. The van der Waals surface area contributed by atoms with E-state index in [4.69, 9.17) is 0 Å². The van der Waals surface area contributed by atoms with Gasteiger partial charge in [-0.2, -0.15) is 0 Å². The van der Waals surface area contributed by atoms with Crippen molar-refractivity contribution in [2.75, 3.05) is 17.3 Å². The fraction of sp³-hybridized carbons (Fsp3) is 0.176. The Bertz CT molecular complexity index is 732. The zero-order valence-electron chi connectivity index (χ0n) is 12.4. The average molecular weight is 312 g/mol. The minimum Gasteiger partial charge on any atom is -0.323 e.